The lowest BCUT2D eigenvalue weighted by molar-refractivity contribution is 0.0688. The summed E-state index contributed by atoms with van der Waals surface area (Å²) in [6, 6.07) is 4.02. The van der Waals surface area contributed by atoms with E-state index in [1.54, 1.807) is 12.3 Å². The molecule has 0 spiro atoms. The first-order chi connectivity index (χ1) is 8.75. The second kappa shape index (κ2) is 4.55. The maximum atomic E-state index is 9.69. The molecule has 1 saturated carbocycles. The molecule has 1 aromatic heterocycles. The molecule has 1 aliphatic heterocycles. The summed E-state index contributed by atoms with van der Waals surface area (Å²) in [5.41, 5.74) is 0.720. The number of aliphatic imine (C=N–C) groups is 1. The molecule has 6 heteroatoms. The molecule has 1 aromatic rings. The number of hydrogen-bond acceptors (Lipinski definition) is 6. The number of rotatable bonds is 1. The Labute approximate surface area is 105 Å². The van der Waals surface area contributed by atoms with Crippen LogP contribution in [0.3, 0.4) is 0 Å². The number of aliphatic hydroxyl groups is 1. The first kappa shape index (κ1) is 11.4. The summed E-state index contributed by atoms with van der Waals surface area (Å²) in [6.45, 7) is 0. The molecular formula is C12H16N4O2. The van der Waals surface area contributed by atoms with Crippen LogP contribution in [0.25, 0.3) is 0 Å². The molecule has 6 nitrogen and oxygen atoms in total. The van der Waals surface area contributed by atoms with Crippen LogP contribution in [-0.2, 0) is 0 Å². The van der Waals surface area contributed by atoms with E-state index in [2.05, 4.69) is 15.3 Å². The molecule has 3 N–H and O–H groups in total. The Morgan fingerprint density at radius 3 is 2.89 bits per heavy atom. The van der Waals surface area contributed by atoms with Gasteiger partial charge in [-0.3, -0.25) is 5.21 Å². The predicted molar refractivity (Wildman–Crippen MR) is 66.4 cm³/mol. The molecule has 0 amide bonds. The van der Waals surface area contributed by atoms with Crippen molar-refractivity contribution in [3.63, 3.8) is 0 Å². The first-order valence-corrected chi connectivity index (χ1v) is 6.21. The van der Waals surface area contributed by atoms with Crippen molar-refractivity contribution >= 4 is 11.7 Å². The van der Waals surface area contributed by atoms with Gasteiger partial charge in [-0.05, 0) is 25.0 Å². The van der Waals surface area contributed by atoms with E-state index in [-0.39, 0.29) is 0 Å². The van der Waals surface area contributed by atoms with Gasteiger partial charge < -0.3 is 10.4 Å². The van der Waals surface area contributed by atoms with Crippen LogP contribution in [0.1, 0.15) is 31.2 Å². The highest BCUT2D eigenvalue weighted by Gasteiger charge is 2.28. The number of aromatic nitrogens is 1. The van der Waals surface area contributed by atoms with Crippen molar-refractivity contribution in [1.82, 2.24) is 10.3 Å². The molecule has 0 radical (unpaired) electrons. The fourth-order valence-corrected chi connectivity index (χ4v) is 2.49. The Morgan fingerprint density at radius 2 is 2.11 bits per heavy atom. The Hall–Kier alpha value is -1.66. The molecule has 0 saturated heterocycles. The van der Waals surface area contributed by atoms with Crippen LogP contribution >= 0.6 is 0 Å². The van der Waals surface area contributed by atoms with Gasteiger partial charge in [0.15, 0.2) is 5.82 Å². The number of nitrogens with one attached hydrogen (secondary N) is 1. The summed E-state index contributed by atoms with van der Waals surface area (Å²) in [6.07, 6.45) is 4.96. The van der Waals surface area contributed by atoms with Crippen molar-refractivity contribution in [1.29, 1.82) is 0 Å². The number of hydroxylamine groups is 1. The quantitative estimate of drug-likeness (QED) is 0.686. The van der Waals surface area contributed by atoms with Crippen LogP contribution in [0.5, 0.6) is 0 Å². The van der Waals surface area contributed by atoms with Gasteiger partial charge in [-0.2, -0.15) is 5.06 Å². The van der Waals surface area contributed by atoms with E-state index in [9.17, 15) is 10.3 Å². The highest BCUT2D eigenvalue weighted by molar-refractivity contribution is 6.04. The third-order valence-electron chi connectivity index (χ3n) is 3.42. The van der Waals surface area contributed by atoms with Crippen LogP contribution in [0.15, 0.2) is 23.3 Å². The van der Waals surface area contributed by atoms with Gasteiger partial charge in [-0.1, -0.05) is 12.8 Å². The van der Waals surface area contributed by atoms with Gasteiger partial charge in [0.2, 0.25) is 0 Å². The zero-order chi connectivity index (χ0) is 12.5. The van der Waals surface area contributed by atoms with Crippen LogP contribution < -0.4 is 10.4 Å². The fourth-order valence-electron chi connectivity index (χ4n) is 2.49. The lowest BCUT2D eigenvalue weighted by atomic mass is 10.1. The SMILES string of the molecule is OC1N=C(NC2CCCC2)c2cccnc2N1O. The third kappa shape index (κ3) is 1.93. The summed E-state index contributed by atoms with van der Waals surface area (Å²) in [7, 11) is 0. The number of pyridine rings is 1. The van der Waals surface area contributed by atoms with Crippen molar-refractivity contribution in [3.8, 4) is 0 Å². The summed E-state index contributed by atoms with van der Waals surface area (Å²) in [5, 5.41) is 23.4. The molecule has 0 aromatic carbocycles. The van der Waals surface area contributed by atoms with E-state index in [0.717, 1.165) is 18.4 Å². The Morgan fingerprint density at radius 1 is 1.33 bits per heavy atom. The predicted octanol–water partition coefficient (Wildman–Crippen LogP) is 0.845. The number of fused-ring (bicyclic) bond motifs is 1. The molecule has 1 aliphatic carbocycles. The van der Waals surface area contributed by atoms with Crippen molar-refractivity contribution in [2.45, 2.75) is 38.1 Å². The fraction of sp³-hybridized carbons (Fsp3) is 0.500. The number of amidine groups is 1. The lowest BCUT2D eigenvalue weighted by Gasteiger charge is -2.28. The summed E-state index contributed by atoms with van der Waals surface area (Å²) in [4.78, 5) is 8.14. The smallest absolute Gasteiger partial charge is 0.251 e. The molecule has 96 valence electrons. The maximum Gasteiger partial charge on any atom is 0.251 e. The minimum absolute atomic E-state index is 0.334. The average molecular weight is 248 g/mol. The van der Waals surface area contributed by atoms with E-state index in [4.69, 9.17) is 0 Å². The number of aliphatic hydroxyl groups excluding tert-OH is 1. The second-order valence-electron chi connectivity index (χ2n) is 4.67. The van der Waals surface area contributed by atoms with Crippen molar-refractivity contribution in [3.05, 3.63) is 23.9 Å². The van der Waals surface area contributed by atoms with Gasteiger partial charge in [0.25, 0.3) is 6.35 Å². The normalized spacial score (nSPS) is 23.8. The molecule has 1 unspecified atom stereocenters. The van der Waals surface area contributed by atoms with E-state index < -0.39 is 6.35 Å². The van der Waals surface area contributed by atoms with E-state index in [1.165, 1.54) is 12.8 Å². The van der Waals surface area contributed by atoms with Crippen molar-refractivity contribution in [2.75, 3.05) is 5.06 Å². The summed E-state index contributed by atoms with van der Waals surface area (Å²) >= 11 is 0. The van der Waals surface area contributed by atoms with Gasteiger partial charge >= 0.3 is 0 Å². The van der Waals surface area contributed by atoms with Gasteiger partial charge in [0.05, 0.1) is 5.56 Å². The Bertz CT molecular complexity index is 471. The van der Waals surface area contributed by atoms with Gasteiger partial charge in [-0.25, -0.2) is 9.98 Å². The Kier molecular flexibility index (Phi) is 2.89. The average Bonchev–Trinajstić information content (AvgIpc) is 2.89. The number of anilines is 1. The molecular weight excluding hydrogens is 232 g/mol. The van der Waals surface area contributed by atoms with Crippen LogP contribution in [-0.4, -0.2) is 33.5 Å². The zero-order valence-corrected chi connectivity index (χ0v) is 9.95. The largest absolute Gasteiger partial charge is 0.367 e. The highest BCUT2D eigenvalue weighted by Crippen LogP contribution is 2.24. The van der Waals surface area contributed by atoms with Crippen molar-refractivity contribution < 1.29 is 10.3 Å². The molecule has 18 heavy (non-hydrogen) atoms. The van der Waals surface area contributed by atoms with E-state index in [0.29, 0.717) is 22.8 Å². The lowest BCUT2D eigenvalue weighted by Crippen LogP contribution is -2.43. The number of hydrogen-bond donors (Lipinski definition) is 3. The Balaban J connectivity index is 1.90. The van der Waals surface area contributed by atoms with Gasteiger partial charge in [0.1, 0.15) is 5.84 Å². The van der Waals surface area contributed by atoms with Gasteiger partial charge in [-0.15, -0.1) is 0 Å². The minimum atomic E-state index is -1.30. The van der Waals surface area contributed by atoms with E-state index in [1.807, 2.05) is 6.07 Å². The monoisotopic (exact) mass is 248 g/mol. The van der Waals surface area contributed by atoms with Crippen molar-refractivity contribution in [2.24, 2.45) is 4.99 Å². The summed E-state index contributed by atoms with van der Waals surface area (Å²) in [5.74, 6) is 0.947. The van der Waals surface area contributed by atoms with E-state index >= 15 is 0 Å². The third-order valence-corrected chi connectivity index (χ3v) is 3.42. The molecule has 3 rings (SSSR count). The summed E-state index contributed by atoms with van der Waals surface area (Å²) < 4.78 is 0. The van der Waals surface area contributed by atoms with Gasteiger partial charge in [0, 0.05) is 12.2 Å². The molecule has 2 heterocycles. The molecule has 2 aliphatic rings. The highest BCUT2D eigenvalue weighted by atomic mass is 16.5. The standard InChI is InChI=1S/C12H16N4O2/c17-12-15-10(14-8-4-1-2-5-8)9-6-3-7-13-11(9)16(12)18/h3,6-8,12,17-18H,1-2,4-5H2,(H,14,15). The molecule has 0 bridgehead atoms. The topological polar surface area (TPSA) is 81.0 Å². The van der Waals surface area contributed by atoms with Crippen LogP contribution in [0.4, 0.5) is 5.82 Å². The minimum Gasteiger partial charge on any atom is -0.367 e. The molecule has 1 atom stereocenters. The maximum absolute atomic E-state index is 9.69. The van der Waals surface area contributed by atoms with Crippen LogP contribution in [0, 0.1) is 0 Å². The molecule has 1 fully saturated rings. The second-order valence-corrected chi connectivity index (χ2v) is 4.67. The zero-order valence-electron chi connectivity index (χ0n) is 9.95. The first-order valence-electron chi connectivity index (χ1n) is 6.21. The number of nitrogens with zero attached hydrogens (tertiary/aromatic N) is 3. The van der Waals surface area contributed by atoms with Crippen LogP contribution in [0.2, 0.25) is 0 Å².